The molecule has 2 aromatic carbocycles. The van der Waals surface area contributed by atoms with E-state index in [4.69, 9.17) is 5.73 Å². The van der Waals surface area contributed by atoms with Crippen molar-refractivity contribution >= 4 is 0 Å². The van der Waals surface area contributed by atoms with Gasteiger partial charge in [-0.05, 0) is 73.4 Å². The molecular formula is C20H27N. The monoisotopic (exact) mass is 281 g/mol. The van der Waals surface area contributed by atoms with E-state index >= 15 is 0 Å². The molecule has 0 aliphatic rings. The minimum atomic E-state index is 0.709. The number of aryl methyl sites for hydroxylation is 3. The standard InChI is InChI=1S/C20H27N/c1-15(11-12-21)7-9-18-5-4-6-19(14-18)20-10-8-16(2)17(3)13-20/h4-6,8,10,13-15H,7,9,11-12,21H2,1-3H3. The number of hydrogen-bond donors (Lipinski definition) is 1. The van der Waals surface area contributed by atoms with E-state index in [1.165, 1.54) is 34.2 Å². The molecule has 0 amide bonds. The van der Waals surface area contributed by atoms with Crippen LogP contribution in [0, 0.1) is 19.8 Å². The minimum absolute atomic E-state index is 0.709. The smallest absolute Gasteiger partial charge is 0.00747 e. The number of benzene rings is 2. The summed E-state index contributed by atoms with van der Waals surface area (Å²) in [5, 5.41) is 0. The van der Waals surface area contributed by atoms with Crippen molar-refractivity contribution in [2.45, 2.75) is 40.0 Å². The number of hydrogen-bond acceptors (Lipinski definition) is 1. The van der Waals surface area contributed by atoms with Crippen molar-refractivity contribution in [1.29, 1.82) is 0 Å². The highest BCUT2D eigenvalue weighted by Gasteiger charge is 2.04. The van der Waals surface area contributed by atoms with Crippen LogP contribution < -0.4 is 5.73 Å². The molecule has 1 heteroatoms. The molecular weight excluding hydrogens is 254 g/mol. The first-order valence-electron chi connectivity index (χ1n) is 7.97. The highest BCUT2D eigenvalue weighted by atomic mass is 14.5. The lowest BCUT2D eigenvalue weighted by Crippen LogP contribution is -2.06. The highest BCUT2D eigenvalue weighted by molar-refractivity contribution is 5.65. The lowest BCUT2D eigenvalue weighted by molar-refractivity contribution is 0.500. The summed E-state index contributed by atoms with van der Waals surface area (Å²) in [5.74, 6) is 0.709. The molecule has 0 heterocycles. The molecule has 2 rings (SSSR count). The van der Waals surface area contributed by atoms with Crippen molar-refractivity contribution < 1.29 is 0 Å². The van der Waals surface area contributed by atoms with Crippen molar-refractivity contribution in [3.8, 4) is 11.1 Å². The summed E-state index contributed by atoms with van der Waals surface area (Å²) in [7, 11) is 0. The SMILES string of the molecule is Cc1ccc(-c2cccc(CCC(C)CCN)c2)cc1C. The van der Waals surface area contributed by atoms with Crippen molar-refractivity contribution in [2.75, 3.05) is 6.54 Å². The fourth-order valence-corrected chi connectivity index (χ4v) is 2.67. The van der Waals surface area contributed by atoms with Gasteiger partial charge in [0.05, 0.1) is 0 Å². The summed E-state index contributed by atoms with van der Waals surface area (Å²) in [6.45, 7) is 7.43. The fraction of sp³-hybridized carbons (Fsp3) is 0.400. The van der Waals surface area contributed by atoms with Crippen LogP contribution in [0.5, 0.6) is 0 Å². The number of nitrogens with two attached hydrogens (primary N) is 1. The Morgan fingerprint density at radius 2 is 1.67 bits per heavy atom. The summed E-state index contributed by atoms with van der Waals surface area (Å²) in [6, 6.07) is 15.7. The predicted molar refractivity (Wildman–Crippen MR) is 92.5 cm³/mol. The molecule has 0 fully saturated rings. The molecule has 21 heavy (non-hydrogen) atoms. The van der Waals surface area contributed by atoms with E-state index in [9.17, 15) is 0 Å². The highest BCUT2D eigenvalue weighted by Crippen LogP contribution is 2.24. The van der Waals surface area contributed by atoms with E-state index < -0.39 is 0 Å². The molecule has 1 unspecified atom stereocenters. The van der Waals surface area contributed by atoms with E-state index in [0.717, 1.165) is 19.4 Å². The molecule has 0 saturated carbocycles. The van der Waals surface area contributed by atoms with Crippen molar-refractivity contribution in [1.82, 2.24) is 0 Å². The van der Waals surface area contributed by atoms with Crippen LogP contribution in [0.25, 0.3) is 11.1 Å². The number of rotatable bonds is 6. The molecule has 1 nitrogen and oxygen atoms in total. The minimum Gasteiger partial charge on any atom is -0.330 e. The lowest BCUT2D eigenvalue weighted by atomic mass is 9.95. The maximum Gasteiger partial charge on any atom is -0.00747 e. The normalized spacial score (nSPS) is 12.4. The zero-order valence-electron chi connectivity index (χ0n) is 13.5. The van der Waals surface area contributed by atoms with Gasteiger partial charge < -0.3 is 5.73 Å². The van der Waals surface area contributed by atoms with Crippen LogP contribution in [0.1, 0.15) is 36.5 Å². The Labute approximate surface area is 129 Å². The molecule has 112 valence electrons. The Hall–Kier alpha value is -1.60. The Morgan fingerprint density at radius 1 is 0.905 bits per heavy atom. The van der Waals surface area contributed by atoms with Gasteiger partial charge >= 0.3 is 0 Å². The molecule has 0 aliphatic carbocycles. The topological polar surface area (TPSA) is 26.0 Å². The van der Waals surface area contributed by atoms with Gasteiger partial charge in [0, 0.05) is 0 Å². The van der Waals surface area contributed by atoms with Crippen molar-refractivity contribution in [3.63, 3.8) is 0 Å². The molecule has 0 aromatic heterocycles. The molecule has 0 bridgehead atoms. The van der Waals surface area contributed by atoms with E-state index in [-0.39, 0.29) is 0 Å². The summed E-state index contributed by atoms with van der Waals surface area (Å²) < 4.78 is 0. The average Bonchev–Trinajstić information content (AvgIpc) is 2.49. The van der Waals surface area contributed by atoms with Crippen LogP contribution in [0.2, 0.25) is 0 Å². The van der Waals surface area contributed by atoms with E-state index in [0.29, 0.717) is 5.92 Å². The Balaban J connectivity index is 2.11. The summed E-state index contributed by atoms with van der Waals surface area (Å²) in [4.78, 5) is 0. The summed E-state index contributed by atoms with van der Waals surface area (Å²) >= 11 is 0. The second kappa shape index (κ2) is 7.42. The first-order valence-corrected chi connectivity index (χ1v) is 7.97. The summed E-state index contributed by atoms with van der Waals surface area (Å²) in [6.07, 6.45) is 3.48. The van der Waals surface area contributed by atoms with Gasteiger partial charge in [0.25, 0.3) is 0 Å². The first kappa shape index (κ1) is 15.8. The van der Waals surface area contributed by atoms with E-state index in [1.807, 2.05) is 0 Å². The average molecular weight is 281 g/mol. The molecule has 1 atom stereocenters. The van der Waals surface area contributed by atoms with E-state index in [2.05, 4.69) is 63.2 Å². The van der Waals surface area contributed by atoms with Crippen LogP contribution in [0.3, 0.4) is 0 Å². The Kier molecular flexibility index (Phi) is 5.58. The van der Waals surface area contributed by atoms with Gasteiger partial charge in [-0.3, -0.25) is 0 Å². The zero-order valence-corrected chi connectivity index (χ0v) is 13.5. The second-order valence-electron chi connectivity index (χ2n) is 6.22. The largest absolute Gasteiger partial charge is 0.330 e. The quantitative estimate of drug-likeness (QED) is 0.801. The van der Waals surface area contributed by atoms with Crippen LogP contribution in [-0.2, 0) is 6.42 Å². The van der Waals surface area contributed by atoms with Gasteiger partial charge in [0.2, 0.25) is 0 Å². The lowest BCUT2D eigenvalue weighted by Gasteiger charge is -2.11. The Morgan fingerprint density at radius 3 is 2.38 bits per heavy atom. The van der Waals surface area contributed by atoms with Crippen LogP contribution in [0.15, 0.2) is 42.5 Å². The molecule has 0 aliphatic heterocycles. The van der Waals surface area contributed by atoms with Gasteiger partial charge in [-0.1, -0.05) is 49.4 Å². The molecule has 0 saturated heterocycles. The third-order valence-electron chi connectivity index (χ3n) is 4.35. The van der Waals surface area contributed by atoms with Gasteiger partial charge in [-0.2, -0.15) is 0 Å². The van der Waals surface area contributed by atoms with E-state index in [1.54, 1.807) is 0 Å². The first-order chi connectivity index (χ1) is 10.1. The van der Waals surface area contributed by atoms with Crippen molar-refractivity contribution in [2.24, 2.45) is 11.7 Å². The van der Waals surface area contributed by atoms with Gasteiger partial charge in [-0.25, -0.2) is 0 Å². The van der Waals surface area contributed by atoms with Crippen LogP contribution in [0.4, 0.5) is 0 Å². The maximum absolute atomic E-state index is 5.62. The zero-order chi connectivity index (χ0) is 15.2. The molecule has 0 radical (unpaired) electrons. The molecule has 2 aromatic rings. The molecule has 2 N–H and O–H groups in total. The van der Waals surface area contributed by atoms with Gasteiger partial charge in [0.1, 0.15) is 0 Å². The predicted octanol–water partition coefficient (Wildman–Crippen LogP) is 4.89. The maximum atomic E-state index is 5.62. The van der Waals surface area contributed by atoms with Crippen LogP contribution in [-0.4, -0.2) is 6.54 Å². The van der Waals surface area contributed by atoms with Crippen LogP contribution >= 0.6 is 0 Å². The van der Waals surface area contributed by atoms with Gasteiger partial charge in [-0.15, -0.1) is 0 Å². The Bertz CT molecular complexity index is 586. The van der Waals surface area contributed by atoms with Crippen molar-refractivity contribution in [3.05, 3.63) is 59.2 Å². The third-order valence-corrected chi connectivity index (χ3v) is 4.35. The van der Waals surface area contributed by atoms with Gasteiger partial charge in [0.15, 0.2) is 0 Å². The fourth-order valence-electron chi connectivity index (χ4n) is 2.67. The third kappa shape index (κ3) is 4.44. The second-order valence-corrected chi connectivity index (χ2v) is 6.22. The molecule has 0 spiro atoms. The summed E-state index contributed by atoms with van der Waals surface area (Å²) in [5.41, 5.74) is 12.4.